The zero-order valence-corrected chi connectivity index (χ0v) is 10.5. The quantitative estimate of drug-likeness (QED) is 0.770. The van der Waals surface area contributed by atoms with Gasteiger partial charge in [0.15, 0.2) is 0 Å². The van der Waals surface area contributed by atoms with Crippen LogP contribution in [0.25, 0.3) is 0 Å². The Labute approximate surface area is 98.2 Å². The van der Waals surface area contributed by atoms with E-state index in [1.165, 1.54) is 0 Å². The van der Waals surface area contributed by atoms with E-state index in [0.29, 0.717) is 5.92 Å². The Bertz CT molecular complexity index is 300. The second kappa shape index (κ2) is 7.23. The summed E-state index contributed by atoms with van der Waals surface area (Å²) in [7, 11) is 0. The van der Waals surface area contributed by atoms with Crippen molar-refractivity contribution in [1.29, 1.82) is 0 Å². The fraction of sp³-hybridized carbons (Fsp3) is 0.615. The van der Waals surface area contributed by atoms with Gasteiger partial charge in [-0.3, -0.25) is 0 Å². The molecule has 3 nitrogen and oxygen atoms in total. The van der Waals surface area contributed by atoms with Crippen LogP contribution in [0.2, 0.25) is 0 Å². The molecule has 0 saturated heterocycles. The van der Waals surface area contributed by atoms with Crippen LogP contribution < -0.4 is 10.1 Å². The van der Waals surface area contributed by atoms with Gasteiger partial charge in [0.2, 0.25) is 5.88 Å². The van der Waals surface area contributed by atoms with Crippen molar-refractivity contribution in [3.63, 3.8) is 0 Å². The summed E-state index contributed by atoms with van der Waals surface area (Å²) in [5.74, 6) is 1.39. The lowest BCUT2D eigenvalue weighted by molar-refractivity contribution is 0.304. The lowest BCUT2D eigenvalue weighted by atomic mass is 10.2. The van der Waals surface area contributed by atoms with Crippen molar-refractivity contribution in [2.24, 2.45) is 5.92 Å². The van der Waals surface area contributed by atoms with Crippen LogP contribution in [0.5, 0.6) is 5.88 Å². The van der Waals surface area contributed by atoms with E-state index in [2.05, 4.69) is 31.1 Å². The average molecular weight is 222 g/mol. The zero-order valence-electron chi connectivity index (χ0n) is 10.5. The third-order valence-corrected chi connectivity index (χ3v) is 2.09. The van der Waals surface area contributed by atoms with Gasteiger partial charge in [-0.1, -0.05) is 26.8 Å². The summed E-state index contributed by atoms with van der Waals surface area (Å²) in [5, 5.41) is 3.37. The van der Waals surface area contributed by atoms with Gasteiger partial charge >= 0.3 is 0 Å². The van der Waals surface area contributed by atoms with Gasteiger partial charge in [-0.2, -0.15) is 0 Å². The van der Waals surface area contributed by atoms with Crippen LogP contribution in [0.1, 0.15) is 32.9 Å². The molecule has 0 unspecified atom stereocenters. The molecule has 0 saturated carbocycles. The van der Waals surface area contributed by atoms with E-state index in [-0.39, 0.29) is 0 Å². The number of hydrogen-bond acceptors (Lipinski definition) is 3. The summed E-state index contributed by atoms with van der Waals surface area (Å²) >= 11 is 0. The smallest absolute Gasteiger partial charge is 0.213 e. The van der Waals surface area contributed by atoms with E-state index in [0.717, 1.165) is 37.7 Å². The highest BCUT2D eigenvalue weighted by molar-refractivity contribution is 5.15. The highest BCUT2D eigenvalue weighted by Crippen LogP contribution is 2.07. The van der Waals surface area contributed by atoms with Gasteiger partial charge in [-0.25, -0.2) is 4.98 Å². The molecule has 0 aliphatic carbocycles. The van der Waals surface area contributed by atoms with E-state index < -0.39 is 0 Å². The molecule has 16 heavy (non-hydrogen) atoms. The van der Waals surface area contributed by atoms with Crippen molar-refractivity contribution in [1.82, 2.24) is 10.3 Å². The first kappa shape index (κ1) is 13.0. The first-order valence-electron chi connectivity index (χ1n) is 6.01. The molecule has 1 rings (SSSR count). The summed E-state index contributed by atoms with van der Waals surface area (Å²) in [6.45, 7) is 9.04. The molecule has 0 radical (unpaired) electrons. The van der Waals surface area contributed by atoms with Gasteiger partial charge in [0.1, 0.15) is 0 Å². The molecule has 0 fully saturated rings. The van der Waals surface area contributed by atoms with Crippen molar-refractivity contribution >= 4 is 0 Å². The molecule has 1 heterocycles. The molecule has 0 aliphatic rings. The van der Waals surface area contributed by atoms with Crippen molar-refractivity contribution in [3.05, 3.63) is 23.9 Å². The highest BCUT2D eigenvalue weighted by Gasteiger charge is 1.99. The van der Waals surface area contributed by atoms with E-state index >= 15 is 0 Å². The Morgan fingerprint density at radius 1 is 1.38 bits per heavy atom. The minimum atomic E-state index is 0.666. The highest BCUT2D eigenvalue weighted by atomic mass is 16.5. The number of aromatic nitrogens is 1. The number of nitrogens with zero attached hydrogens (tertiary/aromatic N) is 1. The van der Waals surface area contributed by atoms with Gasteiger partial charge in [-0.05, 0) is 24.9 Å². The SMILES string of the molecule is CCCOc1cccc(CNCC(C)C)n1. The second-order valence-electron chi connectivity index (χ2n) is 4.34. The second-order valence-corrected chi connectivity index (χ2v) is 4.34. The summed E-state index contributed by atoms with van der Waals surface area (Å²) in [4.78, 5) is 4.42. The molecule has 90 valence electrons. The van der Waals surface area contributed by atoms with Crippen LogP contribution in [-0.4, -0.2) is 18.1 Å². The Morgan fingerprint density at radius 3 is 2.88 bits per heavy atom. The predicted molar refractivity (Wildman–Crippen MR) is 66.6 cm³/mol. The monoisotopic (exact) mass is 222 g/mol. The molecule has 0 atom stereocenters. The number of hydrogen-bond donors (Lipinski definition) is 1. The third kappa shape index (κ3) is 5.12. The van der Waals surface area contributed by atoms with Crippen molar-refractivity contribution in [2.45, 2.75) is 33.7 Å². The van der Waals surface area contributed by atoms with Gasteiger partial charge in [0.25, 0.3) is 0 Å². The fourth-order valence-corrected chi connectivity index (χ4v) is 1.33. The lowest BCUT2D eigenvalue weighted by Gasteiger charge is -2.08. The Kier molecular flexibility index (Phi) is 5.86. The molecule has 0 aliphatic heterocycles. The number of nitrogens with one attached hydrogen (secondary N) is 1. The Hall–Kier alpha value is -1.09. The van der Waals surface area contributed by atoms with Gasteiger partial charge in [-0.15, -0.1) is 0 Å². The molecule has 0 aromatic carbocycles. The van der Waals surface area contributed by atoms with E-state index in [9.17, 15) is 0 Å². The summed E-state index contributed by atoms with van der Waals surface area (Å²) in [5.41, 5.74) is 1.04. The largest absolute Gasteiger partial charge is 0.478 e. The lowest BCUT2D eigenvalue weighted by Crippen LogP contribution is -2.19. The maximum absolute atomic E-state index is 5.48. The fourth-order valence-electron chi connectivity index (χ4n) is 1.33. The molecule has 0 bridgehead atoms. The van der Waals surface area contributed by atoms with E-state index in [4.69, 9.17) is 4.74 Å². The topological polar surface area (TPSA) is 34.1 Å². The van der Waals surface area contributed by atoms with E-state index in [1.807, 2.05) is 18.2 Å². The van der Waals surface area contributed by atoms with Gasteiger partial charge in [0, 0.05) is 12.6 Å². The molecule has 1 N–H and O–H groups in total. The van der Waals surface area contributed by atoms with Crippen molar-refractivity contribution in [3.8, 4) is 5.88 Å². The molecule has 1 aromatic rings. The average Bonchev–Trinajstić information content (AvgIpc) is 2.26. The summed E-state index contributed by atoms with van der Waals surface area (Å²) < 4.78 is 5.48. The standard InChI is InChI=1S/C13H22N2O/c1-4-8-16-13-7-5-6-12(15-13)10-14-9-11(2)3/h5-7,11,14H,4,8-10H2,1-3H3. The van der Waals surface area contributed by atoms with Crippen LogP contribution in [0.15, 0.2) is 18.2 Å². The molecular weight excluding hydrogens is 200 g/mol. The van der Waals surface area contributed by atoms with Crippen LogP contribution in [0.4, 0.5) is 0 Å². The summed E-state index contributed by atoms with van der Waals surface area (Å²) in [6.07, 6.45) is 1.01. The minimum Gasteiger partial charge on any atom is -0.478 e. The third-order valence-electron chi connectivity index (χ3n) is 2.09. The number of pyridine rings is 1. The molecule has 1 aromatic heterocycles. The first-order valence-corrected chi connectivity index (χ1v) is 6.01. The molecule has 0 amide bonds. The van der Waals surface area contributed by atoms with Gasteiger partial charge in [0.05, 0.1) is 12.3 Å². The van der Waals surface area contributed by atoms with Crippen LogP contribution in [0, 0.1) is 5.92 Å². The van der Waals surface area contributed by atoms with Crippen molar-refractivity contribution in [2.75, 3.05) is 13.2 Å². The maximum atomic E-state index is 5.48. The first-order chi connectivity index (χ1) is 7.72. The number of rotatable bonds is 7. The zero-order chi connectivity index (χ0) is 11.8. The Morgan fingerprint density at radius 2 is 2.19 bits per heavy atom. The van der Waals surface area contributed by atoms with Crippen LogP contribution in [0.3, 0.4) is 0 Å². The van der Waals surface area contributed by atoms with Crippen molar-refractivity contribution < 1.29 is 4.74 Å². The normalized spacial score (nSPS) is 10.8. The molecular formula is C13H22N2O. The summed E-state index contributed by atoms with van der Waals surface area (Å²) in [6, 6.07) is 5.91. The minimum absolute atomic E-state index is 0.666. The molecule has 0 spiro atoms. The van der Waals surface area contributed by atoms with Gasteiger partial charge < -0.3 is 10.1 Å². The number of ether oxygens (including phenoxy) is 1. The molecule has 3 heteroatoms. The Balaban J connectivity index is 2.40. The van der Waals surface area contributed by atoms with E-state index in [1.54, 1.807) is 0 Å². The predicted octanol–water partition coefficient (Wildman–Crippen LogP) is 2.62. The maximum Gasteiger partial charge on any atom is 0.213 e. The van der Waals surface area contributed by atoms with Crippen LogP contribution in [-0.2, 0) is 6.54 Å². The van der Waals surface area contributed by atoms with Crippen LogP contribution >= 0.6 is 0 Å².